The van der Waals surface area contributed by atoms with E-state index in [0.717, 1.165) is 28.1 Å². The quantitative estimate of drug-likeness (QED) is 0.880. The molecule has 0 aliphatic heterocycles. The number of hydrogen-bond donors (Lipinski definition) is 1. The molecule has 2 rings (SSSR count). The summed E-state index contributed by atoms with van der Waals surface area (Å²) < 4.78 is 5.40. The monoisotopic (exact) mass is 326 g/mol. The standard InChI is InChI=1S/C20H26N2O2/c1-14-7-9-19(24-5)17(10-14)12-22(4)13-20(23)21-18-11-15(2)6-8-16(18)3/h6-11H,12-13H2,1-5H3,(H,21,23). The zero-order valence-electron chi connectivity index (χ0n) is 15.1. The number of rotatable bonds is 6. The summed E-state index contributed by atoms with van der Waals surface area (Å²) in [5, 5.41) is 3.00. The van der Waals surface area contributed by atoms with E-state index in [1.54, 1.807) is 7.11 Å². The number of likely N-dealkylation sites (N-methyl/N-ethyl adjacent to an activating group) is 1. The number of hydrogen-bond acceptors (Lipinski definition) is 3. The van der Waals surface area contributed by atoms with Crippen LogP contribution in [0.25, 0.3) is 0 Å². The Balaban J connectivity index is 1.99. The minimum absolute atomic E-state index is 0.0159. The fourth-order valence-electron chi connectivity index (χ4n) is 2.68. The molecule has 2 aromatic carbocycles. The first kappa shape index (κ1) is 18.0. The van der Waals surface area contributed by atoms with E-state index in [2.05, 4.69) is 18.3 Å². The van der Waals surface area contributed by atoms with Gasteiger partial charge in [0.05, 0.1) is 13.7 Å². The van der Waals surface area contributed by atoms with Gasteiger partial charge in [-0.05, 0) is 51.1 Å². The summed E-state index contributed by atoms with van der Waals surface area (Å²) in [5.74, 6) is 0.834. The number of carbonyl (C=O) groups excluding carboxylic acids is 1. The molecule has 0 fully saturated rings. The van der Waals surface area contributed by atoms with Crippen LogP contribution >= 0.6 is 0 Å². The Morgan fingerprint density at radius 1 is 1.08 bits per heavy atom. The zero-order valence-corrected chi connectivity index (χ0v) is 15.1. The summed E-state index contributed by atoms with van der Waals surface area (Å²) in [4.78, 5) is 14.3. The lowest BCUT2D eigenvalue weighted by atomic mass is 10.1. The van der Waals surface area contributed by atoms with Gasteiger partial charge in [0.25, 0.3) is 0 Å². The first-order valence-electron chi connectivity index (χ1n) is 8.08. The zero-order chi connectivity index (χ0) is 17.7. The first-order chi connectivity index (χ1) is 11.4. The Bertz CT molecular complexity index is 726. The number of ether oxygens (including phenoxy) is 1. The van der Waals surface area contributed by atoms with Gasteiger partial charge in [0.1, 0.15) is 5.75 Å². The lowest BCUT2D eigenvalue weighted by molar-refractivity contribution is -0.117. The summed E-state index contributed by atoms with van der Waals surface area (Å²) in [7, 11) is 3.60. The van der Waals surface area contributed by atoms with Crippen molar-refractivity contribution in [3.05, 3.63) is 58.7 Å². The summed E-state index contributed by atoms with van der Waals surface area (Å²) in [5.41, 5.74) is 5.34. The average molecular weight is 326 g/mol. The number of benzene rings is 2. The van der Waals surface area contributed by atoms with E-state index in [9.17, 15) is 4.79 Å². The van der Waals surface area contributed by atoms with Crippen LogP contribution in [0.1, 0.15) is 22.3 Å². The lowest BCUT2D eigenvalue weighted by Gasteiger charge is -2.19. The number of carbonyl (C=O) groups is 1. The minimum atomic E-state index is -0.0159. The van der Waals surface area contributed by atoms with Crippen LogP contribution < -0.4 is 10.1 Å². The van der Waals surface area contributed by atoms with E-state index >= 15 is 0 Å². The third-order valence-corrected chi connectivity index (χ3v) is 3.96. The van der Waals surface area contributed by atoms with Crippen LogP contribution in [-0.2, 0) is 11.3 Å². The fourth-order valence-corrected chi connectivity index (χ4v) is 2.68. The molecule has 0 atom stereocenters. The Morgan fingerprint density at radius 2 is 1.75 bits per heavy atom. The molecule has 0 bridgehead atoms. The molecule has 0 aliphatic carbocycles. The van der Waals surface area contributed by atoms with Gasteiger partial charge < -0.3 is 10.1 Å². The topological polar surface area (TPSA) is 41.6 Å². The van der Waals surface area contributed by atoms with Gasteiger partial charge in [0.2, 0.25) is 5.91 Å². The van der Waals surface area contributed by atoms with Crippen molar-refractivity contribution in [1.82, 2.24) is 4.90 Å². The van der Waals surface area contributed by atoms with E-state index in [1.165, 1.54) is 5.56 Å². The largest absolute Gasteiger partial charge is 0.496 e. The smallest absolute Gasteiger partial charge is 0.238 e. The van der Waals surface area contributed by atoms with Crippen molar-refractivity contribution < 1.29 is 9.53 Å². The molecule has 4 heteroatoms. The van der Waals surface area contributed by atoms with Gasteiger partial charge in [0.15, 0.2) is 0 Å². The summed E-state index contributed by atoms with van der Waals surface area (Å²) >= 11 is 0. The molecule has 4 nitrogen and oxygen atoms in total. The van der Waals surface area contributed by atoms with Crippen LogP contribution in [0.3, 0.4) is 0 Å². The van der Waals surface area contributed by atoms with E-state index in [4.69, 9.17) is 4.74 Å². The molecule has 0 aromatic heterocycles. The second kappa shape index (κ2) is 7.97. The molecule has 128 valence electrons. The molecule has 0 radical (unpaired) electrons. The molecule has 0 unspecified atom stereocenters. The highest BCUT2D eigenvalue weighted by atomic mass is 16.5. The summed E-state index contributed by atoms with van der Waals surface area (Å²) in [6.45, 7) is 7.05. The highest BCUT2D eigenvalue weighted by molar-refractivity contribution is 5.93. The third-order valence-electron chi connectivity index (χ3n) is 3.96. The summed E-state index contributed by atoms with van der Waals surface area (Å²) in [6, 6.07) is 12.1. The maximum atomic E-state index is 12.3. The highest BCUT2D eigenvalue weighted by Crippen LogP contribution is 2.21. The number of methoxy groups -OCH3 is 1. The number of nitrogens with zero attached hydrogens (tertiary/aromatic N) is 1. The van der Waals surface area contributed by atoms with Crippen LogP contribution in [0.2, 0.25) is 0 Å². The molecule has 24 heavy (non-hydrogen) atoms. The second-order valence-electron chi connectivity index (χ2n) is 6.35. The molecule has 1 N–H and O–H groups in total. The van der Waals surface area contributed by atoms with Crippen molar-refractivity contribution in [1.29, 1.82) is 0 Å². The van der Waals surface area contributed by atoms with Crippen LogP contribution in [0.5, 0.6) is 5.75 Å². The molecule has 0 spiro atoms. The van der Waals surface area contributed by atoms with Gasteiger partial charge in [-0.1, -0.05) is 29.8 Å². The molecule has 0 saturated heterocycles. The van der Waals surface area contributed by atoms with Crippen LogP contribution in [-0.4, -0.2) is 31.5 Å². The van der Waals surface area contributed by atoms with Crippen molar-refractivity contribution in [2.45, 2.75) is 27.3 Å². The molecular formula is C20H26N2O2. The third kappa shape index (κ3) is 4.83. The molecule has 1 amide bonds. The Morgan fingerprint density at radius 3 is 2.46 bits per heavy atom. The second-order valence-corrected chi connectivity index (χ2v) is 6.35. The van der Waals surface area contributed by atoms with Crippen LogP contribution in [0.4, 0.5) is 5.69 Å². The van der Waals surface area contributed by atoms with Crippen molar-refractivity contribution >= 4 is 11.6 Å². The molecule has 0 heterocycles. The highest BCUT2D eigenvalue weighted by Gasteiger charge is 2.11. The van der Waals surface area contributed by atoms with Gasteiger partial charge in [0, 0.05) is 17.8 Å². The van der Waals surface area contributed by atoms with E-state index in [-0.39, 0.29) is 5.91 Å². The van der Waals surface area contributed by atoms with E-state index in [0.29, 0.717) is 13.1 Å². The first-order valence-corrected chi connectivity index (χ1v) is 8.08. The molecular weight excluding hydrogens is 300 g/mol. The van der Waals surface area contributed by atoms with Gasteiger partial charge in [-0.15, -0.1) is 0 Å². The fraction of sp³-hybridized carbons (Fsp3) is 0.350. The minimum Gasteiger partial charge on any atom is -0.496 e. The number of aryl methyl sites for hydroxylation is 3. The van der Waals surface area contributed by atoms with Gasteiger partial charge >= 0.3 is 0 Å². The van der Waals surface area contributed by atoms with Crippen molar-refractivity contribution in [3.8, 4) is 5.75 Å². The van der Waals surface area contributed by atoms with Crippen molar-refractivity contribution in [2.75, 3.05) is 26.0 Å². The average Bonchev–Trinajstić information content (AvgIpc) is 2.51. The van der Waals surface area contributed by atoms with Gasteiger partial charge in [-0.3, -0.25) is 9.69 Å². The summed E-state index contributed by atoms with van der Waals surface area (Å²) in [6.07, 6.45) is 0. The van der Waals surface area contributed by atoms with Gasteiger partial charge in [-0.25, -0.2) is 0 Å². The molecule has 2 aromatic rings. The van der Waals surface area contributed by atoms with Crippen LogP contribution in [0.15, 0.2) is 36.4 Å². The van der Waals surface area contributed by atoms with Crippen LogP contribution in [0, 0.1) is 20.8 Å². The Labute approximate surface area is 144 Å². The number of nitrogens with one attached hydrogen (secondary N) is 1. The van der Waals surface area contributed by atoms with E-state index in [1.807, 2.05) is 56.1 Å². The normalized spacial score (nSPS) is 10.8. The molecule has 0 saturated carbocycles. The van der Waals surface area contributed by atoms with Crippen molar-refractivity contribution in [2.24, 2.45) is 0 Å². The maximum absolute atomic E-state index is 12.3. The predicted octanol–water partition coefficient (Wildman–Crippen LogP) is 3.69. The SMILES string of the molecule is COc1ccc(C)cc1CN(C)CC(=O)Nc1cc(C)ccc1C. The predicted molar refractivity (Wildman–Crippen MR) is 98.6 cm³/mol. The number of anilines is 1. The van der Waals surface area contributed by atoms with Gasteiger partial charge in [-0.2, -0.15) is 0 Å². The Kier molecular flexibility index (Phi) is 5.99. The lowest BCUT2D eigenvalue weighted by Crippen LogP contribution is -2.30. The Hall–Kier alpha value is -2.33. The van der Waals surface area contributed by atoms with Crippen molar-refractivity contribution in [3.63, 3.8) is 0 Å². The number of amides is 1. The van der Waals surface area contributed by atoms with E-state index < -0.39 is 0 Å². The molecule has 0 aliphatic rings. The maximum Gasteiger partial charge on any atom is 0.238 e.